The van der Waals surface area contributed by atoms with Crippen molar-refractivity contribution in [2.75, 3.05) is 7.11 Å². The summed E-state index contributed by atoms with van der Waals surface area (Å²) < 4.78 is 6.55. The fraction of sp³-hybridized carbons (Fsp3) is 0.571. The quantitative estimate of drug-likeness (QED) is 0.921. The Morgan fingerprint density at radius 1 is 1.47 bits per heavy atom. The lowest BCUT2D eigenvalue weighted by Crippen LogP contribution is -2.16. The molecule has 17 heavy (non-hydrogen) atoms. The van der Waals surface area contributed by atoms with E-state index in [-0.39, 0.29) is 6.04 Å². The van der Waals surface area contributed by atoms with E-state index in [2.05, 4.69) is 48.8 Å². The molecule has 2 N–H and O–H groups in total. The van der Waals surface area contributed by atoms with Crippen molar-refractivity contribution in [3.63, 3.8) is 0 Å². The van der Waals surface area contributed by atoms with Gasteiger partial charge in [0.25, 0.3) is 0 Å². The molecule has 0 aromatic heterocycles. The van der Waals surface area contributed by atoms with Crippen LogP contribution in [0, 0.1) is 18.3 Å². The molecule has 2 unspecified atom stereocenters. The van der Waals surface area contributed by atoms with Crippen LogP contribution in [0.15, 0.2) is 16.6 Å². The molecule has 1 aromatic carbocycles. The number of nitrogens with two attached hydrogens (primary N) is 1. The predicted molar refractivity (Wildman–Crippen MR) is 74.2 cm³/mol. The summed E-state index contributed by atoms with van der Waals surface area (Å²) in [5, 5.41) is 0. The second-order valence-electron chi connectivity index (χ2n) is 5.67. The standard InChI is InChI=1S/C14H20BrNO/c1-8-5-12(17-4)9(6-11(8)15)13(16)10-7-14(10,2)3/h5-6,10,13H,7,16H2,1-4H3. The molecule has 1 aromatic rings. The zero-order valence-corrected chi connectivity index (χ0v) is 12.5. The second-order valence-corrected chi connectivity index (χ2v) is 6.52. The van der Waals surface area contributed by atoms with Gasteiger partial charge in [0, 0.05) is 16.1 Å². The van der Waals surface area contributed by atoms with Crippen LogP contribution >= 0.6 is 15.9 Å². The van der Waals surface area contributed by atoms with Gasteiger partial charge in [-0.1, -0.05) is 29.8 Å². The van der Waals surface area contributed by atoms with Gasteiger partial charge in [-0.3, -0.25) is 0 Å². The summed E-state index contributed by atoms with van der Waals surface area (Å²) in [7, 11) is 1.71. The van der Waals surface area contributed by atoms with Gasteiger partial charge < -0.3 is 10.5 Å². The van der Waals surface area contributed by atoms with Gasteiger partial charge in [-0.2, -0.15) is 0 Å². The van der Waals surface area contributed by atoms with Gasteiger partial charge in [0.05, 0.1) is 7.11 Å². The zero-order chi connectivity index (χ0) is 12.8. The fourth-order valence-electron chi connectivity index (χ4n) is 2.45. The van der Waals surface area contributed by atoms with Crippen LogP contribution < -0.4 is 10.5 Å². The molecule has 2 atom stereocenters. The molecule has 0 aliphatic heterocycles. The highest BCUT2D eigenvalue weighted by Gasteiger charge is 2.49. The Labute approximate surface area is 112 Å². The Bertz CT molecular complexity index is 442. The molecule has 0 heterocycles. The van der Waals surface area contributed by atoms with Crippen LogP contribution in [0.5, 0.6) is 5.75 Å². The number of benzene rings is 1. The zero-order valence-electron chi connectivity index (χ0n) is 10.9. The average Bonchev–Trinajstić information content (AvgIpc) is 2.90. The minimum atomic E-state index is 0.0665. The lowest BCUT2D eigenvalue weighted by atomic mass is 9.96. The normalized spacial score (nSPS) is 23.3. The van der Waals surface area contributed by atoms with Crippen molar-refractivity contribution in [3.05, 3.63) is 27.7 Å². The van der Waals surface area contributed by atoms with E-state index >= 15 is 0 Å². The maximum absolute atomic E-state index is 6.37. The summed E-state index contributed by atoms with van der Waals surface area (Å²) in [5.41, 5.74) is 9.03. The van der Waals surface area contributed by atoms with E-state index in [0.29, 0.717) is 11.3 Å². The molecule has 0 saturated heterocycles. The number of ether oxygens (including phenoxy) is 1. The number of hydrogen-bond donors (Lipinski definition) is 1. The van der Waals surface area contributed by atoms with Crippen molar-refractivity contribution in [3.8, 4) is 5.75 Å². The topological polar surface area (TPSA) is 35.2 Å². The second kappa shape index (κ2) is 4.29. The van der Waals surface area contributed by atoms with Crippen molar-refractivity contribution < 1.29 is 4.74 Å². The van der Waals surface area contributed by atoms with E-state index in [1.54, 1.807) is 7.11 Å². The van der Waals surface area contributed by atoms with Crippen LogP contribution in [0.25, 0.3) is 0 Å². The molecular weight excluding hydrogens is 278 g/mol. The van der Waals surface area contributed by atoms with E-state index in [0.717, 1.165) is 15.8 Å². The summed E-state index contributed by atoms with van der Waals surface area (Å²) in [4.78, 5) is 0. The number of methoxy groups -OCH3 is 1. The summed E-state index contributed by atoms with van der Waals surface area (Å²) in [6, 6.07) is 4.22. The molecule has 2 rings (SSSR count). The van der Waals surface area contributed by atoms with E-state index in [1.165, 1.54) is 12.0 Å². The van der Waals surface area contributed by atoms with Crippen LogP contribution in [-0.2, 0) is 0 Å². The minimum Gasteiger partial charge on any atom is -0.496 e. The van der Waals surface area contributed by atoms with Crippen LogP contribution in [0.1, 0.15) is 37.4 Å². The van der Waals surface area contributed by atoms with Crippen LogP contribution in [-0.4, -0.2) is 7.11 Å². The van der Waals surface area contributed by atoms with Gasteiger partial charge in [-0.05, 0) is 42.4 Å². The van der Waals surface area contributed by atoms with Crippen molar-refractivity contribution in [2.45, 2.75) is 33.2 Å². The van der Waals surface area contributed by atoms with Gasteiger partial charge in [0.1, 0.15) is 5.75 Å². The minimum absolute atomic E-state index is 0.0665. The van der Waals surface area contributed by atoms with Crippen molar-refractivity contribution in [2.24, 2.45) is 17.1 Å². The van der Waals surface area contributed by atoms with Gasteiger partial charge in [-0.15, -0.1) is 0 Å². The molecule has 0 radical (unpaired) electrons. The summed E-state index contributed by atoms with van der Waals surface area (Å²) in [5.74, 6) is 1.46. The van der Waals surface area contributed by atoms with Crippen molar-refractivity contribution in [1.82, 2.24) is 0 Å². The van der Waals surface area contributed by atoms with Crippen LogP contribution in [0.2, 0.25) is 0 Å². The molecule has 1 aliphatic carbocycles. The summed E-state index contributed by atoms with van der Waals surface area (Å²) in [6.45, 7) is 6.60. The Hall–Kier alpha value is -0.540. The molecule has 1 fully saturated rings. The van der Waals surface area contributed by atoms with Gasteiger partial charge in [-0.25, -0.2) is 0 Å². The fourth-order valence-corrected chi connectivity index (χ4v) is 2.81. The molecule has 0 amide bonds. The van der Waals surface area contributed by atoms with E-state index in [1.807, 2.05) is 0 Å². The number of aryl methyl sites for hydroxylation is 1. The molecular formula is C14H20BrNO. The first-order valence-electron chi connectivity index (χ1n) is 5.96. The van der Waals surface area contributed by atoms with Gasteiger partial charge in [0.2, 0.25) is 0 Å². The Morgan fingerprint density at radius 2 is 2.06 bits per heavy atom. The van der Waals surface area contributed by atoms with E-state index in [9.17, 15) is 0 Å². The third-order valence-corrected chi connectivity index (χ3v) is 4.75. The molecule has 2 nitrogen and oxygen atoms in total. The number of hydrogen-bond acceptors (Lipinski definition) is 2. The third kappa shape index (κ3) is 2.36. The number of rotatable bonds is 3. The summed E-state index contributed by atoms with van der Waals surface area (Å²) in [6.07, 6.45) is 1.20. The summed E-state index contributed by atoms with van der Waals surface area (Å²) >= 11 is 3.56. The highest BCUT2D eigenvalue weighted by atomic mass is 79.9. The van der Waals surface area contributed by atoms with E-state index in [4.69, 9.17) is 10.5 Å². The smallest absolute Gasteiger partial charge is 0.123 e. The Balaban J connectivity index is 2.34. The highest BCUT2D eigenvalue weighted by molar-refractivity contribution is 9.10. The molecule has 0 spiro atoms. The van der Waals surface area contributed by atoms with Crippen LogP contribution in [0.4, 0.5) is 0 Å². The first-order chi connectivity index (χ1) is 7.86. The average molecular weight is 298 g/mol. The van der Waals surface area contributed by atoms with Crippen molar-refractivity contribution >= 4 is 15.9 Å². The van der Waals surface area contributed by atoms with E-state index < -0.39 is 0 Å². The lowest BCUT2D eigenvalue weighted by Gasteiger charge is -2.18. The largest absolute Gasteiger partial charge is 0.496 e. The first-order valence-corrected chi connectivity index (χ1v) is 6.75. The maximum atomic E-state index is 6.37. The Kier molecular flexibility index (Phi) is 3.25. The number of halogens is 1. The molecule has 94 valence electrons. The monoisotopic (exact) mass is 297 g/mol. The molecule has 3 heteroatoms. The SMILES string of the molecule is COc1cc(C)c(Br)cc1C(N)C1CC1(C)C. The molecule has 1 saturated carbocycles. The molecule has 0 bridgehead atoms. The highest BCUT2D eigenvalue weighted by Crippen LogP contribution is 2.57. The maximum Gasteiger partial charge on any atom is 0.123 e. The predicted octanol–water partition coefficient (Wildman–Crippen LogP) is 3.81. The first kappa shape index (κ1) is 12.9. The third-order valence-electron chi connectivity index (χ3n) is 3.89. The molecule has 1 aliphatic rings. The van der Waals surface area contributed by atoms with Crippen LogP contribution in [0.3, 0.4) is 0 Å². The Morgan fingerprint density at radius 3 is 2.53 bits per heavy atom. The lowest BCUT2D eigenvalue weighted by molar-refractivity contribution is 0.397. The van der Waals surface area contributed by atoms with Gasteiger partial charge in [0.15, 0.2) is 0 Å². The van der Waals surface area contributed by atoms with Crippen molar-refractivity contribution in [1.29, 1.82) is 0 Å². The van der Waals surface area contributed by atoms with Gasteiger partial charge >= 0.3 is 0 Å².